The number of carbonyl (C=O) groups is 4. The highest BCUT2D eigenvalue weighted by atomic mass is 16.6. The highest BCUT2D eigenvalue weighted by molar-refractivity contribution is 5.92. The molecule has 14 heteroatoms. The first-order valence-corrected chi connectivity index (χ1v) is 14.4. The molecule has 2 heterocycles. The Hall–Kier alpha value is -5.08. The summed E-state index contributed by atoms with van der Waals surface area (Å²) in [6.45, 7) is 0.0840. The van der Waals surface area contributed by atoms with E-state index >= 15 is 0 Å². The number of nitrogens with zero attached hydrogens (tertiary/aromatic N) is 2. The lowest BCUT2D eigenvalue weighted by atomic mass is 10.1. The number of esters is 4. The van der Waals surface area contributed by atoms with Gasteiger partial charge in [-0.05, 0) is 11.1 Å². The van der Waals surface area contributed by atoms with E-state index in [1.54, 1.807) is 54.6 Å². The number of aromatic nitrogens is 2. The molecule has 46 heavy (non-hydrogen) atoms. The summed E-state index contributed by atoms with van der Waals surface area (Å²) in [5, 5.41) is 0. The third-order valence-electron chi connectivity index (χ3n) is 6.74. The lowest BCUT2D eigenvalue weighted by Crippen LogP contribution is -2.48. The number of benzene rings is 2. The van der Waals surface area contributed by atoms with Crippen LogP contribution < -0.4 is 11.2 Å². The van der Waals surface area contributed by atoms with Crippen molar-refractivity contribution in [3.63, 3.8) is 0 Å². The SMILES string of the molecule is C[N+](C)(C)CC1OC(n2ccc(=O)[nH]c2=O)C(OC(=O)CC(=O)OCc2ccccc2)C1OC(=O)CC(=O)OCc1ccccc1. The normalized spacial score (nSPS) is 19.2. The first kappa shape index (κ1) is 33.8. The van der Waals surface area contributed by atoms with Gasteiger partial charge in [-0.3, -0.25) is 33.5 Å². The van der Waals surface area contributed by atoms with Crippen molar-refractivity contribution in [2.45, 2.75) is 50.6 Å². The van der Waals surface area contributed by atoms with E-state index in [1.807, 2.05) is 27.2 Å². The van der Waals surface area contributed by atoms with Crippen molar-refractivity contribution in [2.24, 2.45) is 0 Å². The van der Waals surface area contributed by atoms with E-state index in [-0.39, 0.29) is 19.8 Å². The van der Waals surface area contributed by atoms with Crippen molar-refractivity contribution in [2.75, 3.05) is 27.7 Å². The third kappa shape index (κ3) is 9.97. The van der Waals surface area contributed by atoms with Crippen LogP contribution in [0.15, 0.2) is 82.5 Å². The molecule has 3 aromatic rings. The van der Waals surface area contributed by atoms with E-state index in [0.29, 0.717) is 10.0 Å². The molecule has 4 rings (SSSR count). The Bertz CT molecular complexity index is 1630. The van der Waals surface area contributed by atoms with Gasteiger partial charge in [0.2, 0.25) is 0 Å². The highest BCUT2D eigenvalue weighted by Crippen LogP contribution is 2.34. The Morgan fingerprint density at radius 1 is 0.739 bits per heavy atom. The van der Waals surface area contributed by atoms with Crippen LogP contribution in [0.25, 0.3) is 0 Å². The fourth-order valence-corrected chi connectivity index (χ4v) is 4.72. The highest BCUT2D eigenvalue weighted by Gasteiger charge is 2.52. The number of rotatable bonds is 13. The molecule has 1 fully saturated rings. The van der Waals surface area contributed by atoms with Crippen molar-refractivity contribution in [1.82, 2.24) is 9.55 Å². The van der Waals surface area contributed by atoms with Crippen molar-refractivity contribution < 1.29 is 47.3 Å². The molecule has 0 spiro atoms. The van der Waals surface area contributed by atoms with Crippen molar-refractivity contribution in [3.8, 4) is 0 Å². The number of nitrogens with one attached hydrogen (secondary N) is 1. The minimum atomic E-state index is -1.46. The van der Waals surface area contributed by atoms with Crippen LogP contribution in [-0.2, 0) is 56.1 Å². The van der Waals surface area contributed by atoms with Crippen LogP contribution in [0.1, 0.15) is 30.2 Å². The first-order valence-electron chi connectivity index (χ1n) is 14.4. The van der Waals surface area contributed by atoms with Crippen LogP contribution in [-0.4, -0.2) is 83.9 Å². The summed E-state index contributed by atoms with van der Waals surface area (Å²) in [6, 6.07) is 18.8. The second kappa shape index (κ2) is 15.3. The lowest BCUT2D eigenvalue weighted by Gasteiger charge is -2.29. The Kier molecular flexibility index (Phi) is 11.2. The molecule has 0 radical (unpaired) electrons. The Morgan fingerprint density at radius 2 is 1.24 bits per heavy atom. The number of quaternary nitrogens is 1. The second-order valence-electron chi connectivity index (χ2n) is 11.6. The summed E-state index contributed by atoms with van der Waals surface area (Å²) in [4.78, 5) is 77.5. The molecule has 1 saturated heterocycles. The van der Waals surface area contributed by atoms with Gasteiger partial charge >= 0.3 is 29.6 Å². The molecule has 0 amide bonds. The maximum Gasteiger partial charge on any atom is 0.330 e. The van der Waals surface area contributed by atoms with Crippen molar-refractivity contribution in [3.05, 3.63) is 105 Å². The van der Waals surface area contributed by atoms with E-state index in [4.69, 9.17) is 23.7 Å². The van der Waals surface area contributed by atoms with Crippen LogP contribution in [0.2, 0.25) is 0 Å². The van der Waals surface area contributed by atoms with Crippen LogP contribution in [0, 0.1) is 0 Å². The van der Waals surface area contributed by atoms with Gasteiger partial charge in [-0.2, -0.15) is 0 Å². The molecule has 1 aliphatic heterocycles. The van der Waals surface area contributed by atoms with Crippen LogP contribution in [0.3, 0.4) is 0 Å². The zero-order chi connectivity index (χ0) is 33.3. The van der Waals surface area contributed by atoms with Gasteiger partial charge in [0.05, 0.1) is 21.1 Å². The van der Waals surface area contributed by atoms with Gasteiger partial charge in [-0.25, -0.2) is 4.79 Å². The monoisotopic (exact) mass is 638 g/mol. The standard InChI is InChI=1S/C32H35N3O11/c1-35(2,3)18-23-29(45-27(39)16-25(37)42-19-21-10-6-4-7-11-21)30(31(44-23)34-15-14-24(36)33-32(34)41)46-28(40)17-26(38)43-20-22-12-8-5-9-13-22/h4-15,23,29-31H,16-20H2,1-3H3/p+1. The van der Waals surface area contributed by atoms with E-state index in [2.05, 4.69) is 4.98 Å². The molecule has 14 nitrogen and oxygen atoms in total. The predicted octanol–water partition coefficient (Wildman–Crippen LogP) is 1.23. The molecule has 4 atom stereocenters. The fraction of sp³-hybridized carbons (Fsp3) is 0.375. The molecule has 4 unspecified atom stereocenters. The number of ether oxygens (including phenoxy) is 5. The summed E-state index contributed by atoms with van der Waals surface area (Å²) >= 11 is 0. The number of carbonyl (C=O) groups excluding carboxylic acids is 4. The van der Waals surface area contributed by atoms with E-state index in [1.165, 1.54) is 0 Å². The van der Waals surface area contributed by atoms with Crippen LogP contribution >= 0.6 is 0 Å². The molecular formula is C32H36N3O11+. The summed E-state index contributed by atoms with van der Waals surface area (Å²) < 4.78 is 29.1. The molecule has 244 valence electrons. The smallest absolute Gasteiger partial charge is 0.330 e. The maximum atomic E-state index is 13.0. The van der Waals surface area contributed by atoms with Crippen molar-refractivity contribution >= 4 is 23.9 Å². The fourth-order valence-electron chi connectivity index (χ4n) is 4.72. The number of aromatic amines is 1. The number of hydrogen-bond donors (Lipinski definition) is 1. The quantitative estimate of drug-likeness (QED) is 0.124. The molecular weight excluding hydrogens is 602 g/mol. The molecule has 0 saturated carbocycles. The third-order valence-corrected chi connectivity index (χ3v) is 6.74. The zero-order valence-electron chi connectivity index (χ0n) is 25.7. The van der Waals surface area contributed by atoms with Gasteiger partial charge in [0.25, 0.3) is 5.56 Å². The van der Waals surface area contributed by atoms with Gasteiger partial charge in [0, 0.05) is 12.3 Å². The minimum Gasteiger partial charge on any atom is -0.460 e. The molecule has 1 aliphatic rings. The predicted molar refractivity (Wildman–Crippen MR) is 160 cm³/mol. The number of hydrogen-bond acceptors (Lipinski definition) is 11. The summed E-state index contributed by atoms with van der Waals surface area (Å²) in [6.07, 6.45) is -5.49. The maximum absolute atomic E-state index is 13.0. The first-order chi connectivity index (χ1) is 21.9. The molecule has 1 N–H and O–H groups in total. The lowest BCUT2D eigenvalue weighted by molar-refractivity contribution is -0.874. The Morgan fingerprint density at radius 3 is 1.72 bits per heavy atom. The van der Waals surface area contributed by atoms with Crippen LogP contribution in [0.4, 0.5) is 0 Å². The average molecular weight is 639 g/mol. The van der Waals surface area contributed by atoms with Gasteiger partial charge in [-0.15, -0.1) is 0 Å². The van der Waals surface area contributed by atoms with E-state index in [9.17, 15) is 28.8 Å². The Balaban J connectivity index is 1.52. The molecule has 0 bridgehead atoms. The molecule has 2 aromatic carbocycles. The average Bonchev–Trinajstić information content (AvgIpc) is 3.30. The molecule has 1 aromatic heterocycles. The summed E-state index contributed by atoms with van der Waals surface area (Å²) in [5.41, 5.74) is -0.113. The zero-order valence-corrected chi connectivity index (χ0v) is 25.7. The summed E-state index contributed by atoms with van der Waals surface area (Å²) in [5.74, 6) is -3.75. The van der Waals surface area contributed by atoms with Gasteiger partial charge in [0.1, 0.15) is 38.7 Å². The molecule has 0 aliphatic carbocycles. The summed E-state index contributed by atoms with van der Waals surface area (Å²) in [7, 11) is 5.52. The van der Waals surface area contributed by atoms with Gasteiger partial charge in [0.15, 0.2) is 18.4 Å². The van der Waals surface area contributed by atoms with E-state index < -0.39 is 72.5 Å². The Labute approximate surface area is 264 Å². The second-order valence-corrected chi connectivity index (χ2v) is 11.6. The van der Waals surface area contributed by atoms with Crippen LogP contribution in [0.5, 0.6) is 0 Å². The largest absolute Gasteiger partial charge is 0.460 e. The van der Waals surface area contributed by atoms with E-state index in [0.717, 1.165) is 22.4 Å². The van der Waals surface area contributed by atoms with Crippen molar-refractivity contribution in [1.29, 1.82) is 0 Å². The number of likely N-dealkylation sites (N-methyl/N-ethyl adjacent to an activating group) is 1. The van der Waals surface area contributed by atoms with Gasteiger partial charge in [-0.1, -0.05) is 60.7 Å². The topological polar surface area (TPSA) is 169 Å². The van der Waals surface area contributed by atoms with Gasteiger partial charge < -0.3 is 28.2 Å². The number of H-pyrrole nitrogens is 1. The minimum absolute atomic E-state index is 0.0541.